The van der Waals surface area contributed by atoms with Gasteiger partial charge in [-0.1, -0.05) is 15.9 Å². The van der Waals surface area contributed by atoms with Crippen molar-refractivity contribution in [2.75, 3.05) is 10.5 Å². The Labute approximate surface area is 117 Å². The van der Waals surface area contributed by atoms with Gasteiger partial charge < -0.3 is 5.73 Å². The minimum absolute atomic E-state index is 0.0855. The van der Waals surface area contributed by atoms with E-state index in [0.717, 1.165) is 12.1 Å². The van der Waals surface area contributed by atoms with Gasteiger partial charge in [-0.3, -0.25) is 9.40 Å². The Morgan fingerprint density at radius 1 is 1.47 bits per heavy atom. The lowest BCUT2D eigenvalue weighted by atomic mass is 10.3. The van der Waals surface area contributed by atoms with Crippen molar-refractivity contribution in [1.82, 2.24) is 9.78 Å². The van der Waals surface area contributed by atoms with Gasteiger partial charge in [0.1, 0.15) is 10.7 Å². The summed E-state index contributed by atoms with van der Waals surface area (Å²) in [5.41, 5.74) is 5.73. The second-order valence-corrected chi connectivity index (χ2v) is 6.32. The van der Waals surface area contributed by atoms with Crippen LogP contribution < -0.4 is 10.5 Å². The second kappa shape index (κ2) is 4.82. The van der Waals surface area contributed by atoms with Crippen molar-refractivity contribution < 1.29 is 12.8 Å². The molecule has 0 aliphatic heterocycles. The van der Waals surface area contributed by atoms with Crippen molar-refractivity contribution >= 4 is 37.5 Å². The fraction of sp³-hybridized carbons (Fsp3) is 0.100. The van der Waals surface area contributed by atoms with Gasteiger partial charge in [0.25, 0.3) is 10.0 Å². The van der Waals surface area contributed by atoms with Crippen LogP contribution in [0, 0.1) is 5.82 Å². The molecule has 0 fully saturated rings. The summed E-state index contributed by atoms with van der Waals surface area (Å²) in [6.45, 7) is 0. The van der Waals surface area contributed by atoms with Gasteiger partial charge in [-0.25, -0.2) is 12.8 Å². The van der Waals surface area contributed by atoms with Crippen LogP contribution in [0.4, 0.5) is 15.9 Å². The monoisotopic (exact) mass is 348 g/mol. The molecule has 0 aliphatic carbocycles. The van der Waals surface area contributed by atoms with Crippen LogP contribution >= 0.6 is 15.9 Å². The first-order valence-electron chi connectivity index (χ1n) is 5.06. The van der Waals surface area contributed by atoms with E-state index in [-0.39, 0.29) is 11.5 Å². The van der Waals surface area contributed by atoms with E-state index in [9.17, 15) is 12.8 Å². The van der Waals surface area contributed by atoms with Crippen molar-refractivity contribution in [2.24, 2.45) is 7.05 Å². The average molecular weight is 349 g/mol. The number of aromatic nitrogens is 2. The van der Waals surface area contributed by atoms with E-state index >= 15 is 0 Å². The van der Waals surface area contributed by atoms with Crippen molar-refractivity contribution in [2.45, 2.75) is 4.90 Å². The summed E-state index contributed by atoms with van der Waals surface area (Å²) < 4.78 is 41.7. The minimum Gasteiger partial charge on any atom is -0.394 e. The third-order valence-electron chi connectivity index (χ3n) is 2.38. The molecule has 102 valence electrons. The van der Waals surface area contributed by atoms with Crippen molar-refractivity contribution in [3.05, 3.63) is 34.7 Å². The van der Waals surface area contributed by atoms with Crippen LogP contribution in [-0.2, 0) is 17.1 Å². The van der Waals surface area contributed by atoms with E-state index in [1.165, 1.54) is 24.0 Å². The fourth-order valence-corrected chi connectivity index (χ4v) is 2.97. The molecule has 0 saturated carbocycles. The fourth-order valence-electron chi connectivity index (χ4n) is 1.45. The number of hydrogen-bond acceptors (Lipinski definition) is 4. The van der Waals surface area contributed by atoms with E-state index in [1.807, 2.05) is 0 Å². The molecule has 0 bridgehead atoms. The third kappa shape index (κ3) is 2.71. The number of nitrogens with one attached hydrogen (secondary N) is 1. The highest BCUT2D eigenvalue weighted by molar-refractivity contribution is 9.10. The number of aryl methyl sites for hydroxylation is 1. The Morgan fingerprint density at radius 3 is 2.68 bits per heavy atom. The lowest BCUT2D eigenvalue weighted by Crippen LogP contribution is -2.17. The maximum absolute atomic E-state index is 13.7. The first-order chi connectivity index (χ1) is 8.81. The first kappa shape index (κ1) is 13.8. The molecule has 0 spiro atoms. The Bertz CT molecular complexity index is 710. The molecule has 0 atom stereocenters. The summed E-state index contributed by atoms with van der Waals surface area (Å²) in [5, 5.41) is 3.79. The van der Waals surface area contributed by atoms with E-state index in [0.29, 0.717) is 4.47 Å². The quantitative estimate of drug-likeness (QED) is 0.883. The molecular formula is C10H10BrFN4O2S. The van der Waals surface area contributed by atoms with Gasteiger partial charge in [-0.15, -0.1) is 0 Å². The number of hydrogen-bond donors (Lipinski definition) is 2. The van der Waals surface area contributed by atoms with Gasteiger partial charge in [0.05, 0.1) is 11.9 Å². The topological polar surface area (TPSA) is 90.0 Å². The molecule has 0 saturated heterocycles. The average Bonchev–Trinajstić information content (AvgIpc) is 2.60. The number of halogens is 2. The summed E-state index contributed by atoms with van der Waals surface area (Å²) >= 11 is 3.06. The normalized spacial score (nSPS) is 11.5. The lowest BCUT2D eigenvalue weighted by Gasteiger charge is -2.09. The molecule has 0 amide bonds. The maximum atomic E-state index is 13.7. The largest absolute Gasteiger partial charge is 0.394 e. The molecule has 1 aromatic heterocycles. The predicted molar refractivity (Wildman–Crippen MR) is 72.5 cm³/mol. The summed E-state index contributed by atoms with van der Waals surface area (Å²) in [4.78, 5) is -0.462. The molecule has 3 N–H and O–H groups in total. The second-order valence-electron chi connectivity index (χ2n) is 3.75. The van der Waals surface area contributed by atoms with Crippen LogP contribution in [0.1, 0.15) is 0 Å². The van der Waals surface area contributed by atoms with Gasteiger partial charge in [0, 0.05) is 11.5 Å². The van der Waals surface area contributed by atoms with E-state index < -0.39 is 20.7 Å². The van der Waals surface area contributed by atoms with E-state index in [2.05, 4.69) is 25.8 Å². The summed E-state index contributed by atoms with van der Waals surface area (Å²) in [5.74, 6) is -0.773. The molecule has 2 rings (SSSR count). The molecule has 19 heavy (non-hydrogen) atoms. The highest BCUT2D eigenvalue weighted by Crippen LogP contribution is 2.24. The first-order valence-corrected chi connectivity index (χ1v) is 7.34. The lowest BCUT2D eigenvalue weighted by molar-refractivity contribution is 0.569. The van der Waals surface area contributed by atoms with Crippen LogP contribution in [-0.4, -0.2) is 18.2 Å². The van der Waals surface area contributed by atoms with Crippen LogP contribution in [0.5, 0.6) is 0 Å². The number of benzene rings is 1. The van der Waals surface area contributed by atoms with Gasteiger partial charge in [-0.05, 0) is 18.2 Å². The number of anilines is 2. The Hall–Kier alpha value is -1.61. The highest BCUT2D eigenvalue weighted by atomic mass is 79.9. The third-order valence-corrected chi connectivity index (χ3v) is 4.25. The smallest absolute Gasteiger partial charge is 0.266 e. The number of nitrogen functional groups attached to an aromatic ring is 1. The van der Waals surface area contributed by atoms with Crippen LogP contribution in [0.25, 0.3) is 0 Å². The number of nitrogens with zero attached hydrogens (tertiary/aromatic N) is 2. The van der Waals surface area contributed by atoms with Gasteiger partial charge >= 0.3 is 0 Å². The molecule has 2 aromatic rings. The molecular weight excluding hydrogens is 339 g/mol. The molecule has 0 aliphatic rings. The van der Waals surface area contributed by atoms with Crippen molar-refractivity contribution in [3.63, 3.8) is 0 Å². The molecule has 6 nitrogen and oxygen atoms in total. The van der Waals surface area contributed by atoms with Gasteiger partial charge in [0.15, 0.2) is 5.82 Å². The van der Waals surface area contributed by atoms with Crippen LogP contribution in [0.15, 0.2) is 33.8 Å². The summed E-state index contributed by atoms with van der Waals surface area (Å²) in [6.07, 6.45) is 1.30. The highest BCUT2D eigenvalue weighted by Gasteiger charge is 2.21. The van der Waals surface area contributed by atoms with Crippen molar-refractivity contribution in [3.8, 4) is 0 Å². The molecule has 0 radical (unpaired) electrons. The van der Waals surface area contributed by atoms with Gasteiger partial charge in [0.2, 0.25) is 0 Å². The molecule has 0 unspecified atom stereocenters. The SMILES string of the molecule is Cn1ncc(N)c1NS(=O)(=O)c1ccc(Br)cc1F. The summed E-state index contributed by atoms with van der Waals surface area (Å²) in [7, 11) is -2.54. The standard InChI is InChI=1S/C10H10BrFN4O2S/c1-16-10(8(13)5-14-16)15-19(17,18)9-3-2-6(11)4-7(9)12/h2-5,15H,13H2,1H3. The van der Waals surface area contributed by atoms with Gasteiger partial charge in [-0.2, -0.15) is 5.10 Å². The van der Waals surface area contributed by atoms with Crippen molar-refractivity contribution in [1.29, 1.82) is 0 Å². The maximum Gasteiger partial charge on any atom is 0.266 e. The Balaban J connectivity index is 2.44. The number of rotatable bonds is 3. The Kier molecular flexibility index (Phi) is 3.50. The zero-order valence-electron chi connectivity index (χ0n) is 9.76. The van der Waals surface area contributed by atoms with Crippen LogP contribution in [0.2, 0.25) is 0 Å². The molecule has 1 aromatic carbocycles. The summed E-state index contributed by atoms with van der Waals surface area (Å²) in [6, 6.07) is 3.67. The number of nitrogens with two attached hydrogens (primary N) is 1. The number of sulfonamides is 1. The zero-order valence-corrected chi connectivity index (χ0v) is 12.2. The molecule has 9 heteroatoms. The Morgan fingerprint density at radius 2 is 2.16 bits per heavy atom. The molecule has 1 heterocycles. The minimum atomic E-state index is -4.06. The van der Waals surface area contributed by atoms with E-state index in [4.69, 9.17) is 5.73 Å². The van der Waals surface area contributed by atoms with Crippen LogP contribution in [0.3, 0.4) is 0 Å². The van der Waals surface area contributed by atoms with E-state index in [1.54, 1.807) is 0 Å². The predicted octanol–water partition coefficient (Wildman–Crippen LogP) is 1.70. The zero-order chi connectivity index (χ0) is 14.2.